The largest absolute Gasteiger partial charge is 0.493 e. The zero-order valence-electron chi connectivity index (χ0n) is 10.6. The molecule has 92 valence electrons. The molecule has 0 aliphatic heterocycles. The van der Waals surface area contributed by atoms with Gasteiger partial charge < -0.3 is 14.0 Å². The molecule has 2 rings (SSSR count). The topological polar surface area (TPSA) is 47.2 Å². The highest BCUT2D eigenvalue weighted by molar-refractivity contribution is 5.68. The lowest BCUT2D eigenvalue weighted by Crippen LogP contribution is -1.90. The summed E-state index contributed by atoms with van der Waals surface area (Å²) in [4.78, 5) is 0. The van der Waals surface area contributed by atoms with Crippen LogP contribution in [0.4, 0.5) is 0 Å². The number of benzene rings is 1. The SMILES string of the molecule is COc1ccc(-c2cc(C#N)n(C)c2)cc1OC. The van der Waals surface area contributed by atoms with Gasteiger partial charge in [-0.25, -0.2) is 0 Å². The van der Waals surface area contributed by atoms with Crippen molar-refractivity contribution in [2.75, 3.05) is 14.2 Å². The van der Waals surface area contributed by atoms with E-state index in [2.05, 4.69) is 6.07 Å². The minimum atomic E-state index is 0.625. The second-order valence-corrected chi connectivity index (χ2v) is 3.91. The molecule has 0 radical (unpaired) electrons. The van der Waals surface area contributed by atoms with E-state index in [9.17, 15) is 0 Å². The molecular formula is C14H14N2O2. The van der Waals surface area contributed by atoms with Gasteiger partial charge in [-0.05, 0) is 23.8 Å². The molecule has 0 unspecified atom stereocenters. The van der Waals surface area contributed by atoms with Gasteiger partial charge in [0.25, 0.3) is 0 Å². The Morgan fingerprint density at radius 1 is 1.06 bits per heavy atom. The first kappa shape index (κ1) is 12.1. The van der Waals surface area contributed by atoms with Crippen LogP contribution in [-0.4, -0.2) is 18.8 Å². The zero-order valence-corrected chi connectivity index (χ0v) is 10.6. The molecular weight excluding hydrogens is 228 g/mol. The summed E-state index contributed by atoms with van der Waals surface area (Å²) < 4.78 is 12.3. The van der Waals surface area contributed by atoms with Gasteiger partial charge in [0.05, 0.1) is 14.2 Å². The fourth-order valence-electron chi connectivity index (χ4n) is 1.85. The summed E-state index contributed by atoms with van der Waals surface area (Å²) in [6, 6.07) is 9.69. The molecule has 0 atom stereocenters. The van der Waals surface area contributed by atoms with E-state index < -0.39 is 0 Å². The normalized spacial score (nSPS) is 9.89. The standard InChI is InChI=1S/C14H14N2O2/c1-16-9-11(6-12(16)8-15)10-4-5-13(17-2)14(7-10)18-3/h4-7,9H,1-3H3. The first-order chi connectivity index (χ1) is 8.69. The smallest absolute Gasteiger partial charge is 0.161 e. The van der Waals surface area contributed by atoms with Crippen molar-refractivity contribution in [3.63, 3.8) is 0 Å². The summed E-state index contributed by atoms with van der Waals surface area (Å²) in [6.45, 7) is 0. The molecule has 0 saturated carbocycles. The first-order valence-electron chi connectivity index (χ1n) is 5.48. The number of aromatic nitrogens is 1. The lowest BCUT2D eigenvalue weighted by Gasteiger charge is -2.08. The van der Waals surface area contributed by atoms with Gasteiger partial charge in [0, 0.05) is 18.8 Å². The van der Waals surface area contributed by atoms with E-state index in [0.29, 0.717) is 17.2 Å². The van der Waals surface area contributed by atoms with Gasteiger partial charge >= 0.3 is 0 Å². The average Bonchev–Trinajstić information content (AvgIpc) is 2.79. The number of aryl methyl sites for hydroxylation is 1. The Labute approximate surface area is 106 Å². The van der Waals surface area contributed by atoms with Gasteiger partial charge in [-0.15, -0.1) is 0 Å². The van der Waals surface area contributed by atoms with Crippen molar-refractivity contribution in [1.29, 1.82) is 5.26 Å². The van der Waals surface area contributed by atoms with Crippen LogP contribution in [0.2, 0.25) is 0 Å². The molecule has 0 bridgehead atoms. The number of rotatable bonds is 3. The van der Waals surface area contributed by atoms with Crippen LogP contribution in [0.25, 0.3) is 11.1 Å². The molecule has 0 spiro atoms. The summed E-state index contributed by atoms with van der Waals surface area (Å²) in [5.74, 6) is 1.37. The summed E-state index contributed by atoms with van der Waals surface area (Å²) in [6.07, 6.45) is 1.92. The molecule has 0 N–H and O–H groups in total. The number of methoxy groups -OCH3 is 2. The van der Waals surface area contributed by atoms with Crippen LogP contribution in [0.3, 0.4) is 0 Å². The fourth-order valence-corrected chi connectivity index (χ4v) is 1.85. The Bertz CT molecular complexity index is 609. The summed E-state index contributed by atoms with van der Waals surface area (Å²) in [5.41, 5.74) is 2.60. The van der Waals surface area contributed by atoms with Crippen molar-refractivity contribution >= 4 is 0 Å². The molecule has 4 nitrogen and oxygen atoms in total. The van der Waals surface area contributed by atoms with E-state index in [1.807, 2.05) is 37.5 Å². The second kappa shape index (κ2) is 4.84. The lowest BCUT2D eigenvalue weighted by atomic mass is 10.1. The van der Waals surface area contributed by atoms with E-state index in [1.54, 1.807) is 18.8 Å². The molecule has 0 aliphatic rings. The maximum Gasteiger partial charge on any atom is 0.161 e. The van der Waals surface area contributed by atoms with E-state index >= 15 is 0 Å². The predicted molar refractivity (Wildman–Crippen MR) is 68.7 cm³/mol. The summed E-state index contributed by atoms with van der Waals surface area (Å²) in [5, 5.41) is 8.95. The maximum atomic E-state index is 8.95. The third-order valence-electron chi connectivity index (χ3n) is 2.84. The average molecular weight is 242 g/mol. The molecule has 0 fully saturated rings. The van der Waals surface area contributed by atoms with Crippen LogP contribution in [0.1, 0.15) is 5.69 Å². The van der Waals surface area contributed by atoms with Crippen LogP contribution in [-0.2, 0) is 7.05 Å². The monoisotopic (exact) mass is 242 g/mol. The third kappa shape index (κ3) is 2.03. The molecule has 0 aliphatic carbocycles. The number of ether oxygens (including phenoxy) is 2. The van der Waals surface area contributed by atoms with Crippen molar-refractivity contribution in [2.45, 2.75) is 0 Å². The van der Waals surface area contributed by atoms with E-state index in [1.165, 1.54) is 0 Å². The first-order valence-corrected chi connectivity index (χ1v) is 5.48. The minimum Gasteiger partial charge on any atom is -0.493 e. The highest BCUT2D eigenvalue weighted by Crippen LogP contribution is 2.32. The van der Waals surface area contributed by atoms with Crippen molar-refractivity contribution < 1.29 is 9.47 Å². The number of nitrogens with zero attached hydrogens (tertiary/aromatic N) is 2. The van der Waals surface area contributed by atoms with Gasteiger partial charge in [-0.3, -0.25) is 0 Å². The molecule has 1 aromatic heterocycles. The van der Waals surface area contributed by atoms with E-state index in [0.717, 1.165) is 11.1 Å². The van der Waals surface area contributed by atoms with E-state index in [4.69, 9.17) is 14.7 Å². The fraction of sp³-hybridized carbons (Fsp3) is 0.214. The van der Waals surface area contributed by atoms with Crippen LogP contribution in [0, 0.1) is 11.3 Å². The van der Waals surface area contributed by atoms with Crippen molar-refractivity contribution in [3.05, 3.63) is 36.2 Å². The second-order valence-electron chi connectivity index (χ2n) is 3.91. The van der Waals surface area contributed by atoms with Crippen LogP contribution < -0.4 is 9.47 Å². The lowest BCUT2D eigenvalue weighted by molar-refractivity contribution is 0.355. The van der Waals surface area contributed by atoms with E-state index in [-0.39, 0.29) is 0 Å². The van der Waals surface area contributed by atoms with Gasteiger partial charge in [0.2, 0.25) is 0 Å². The Morgan fingerprint density at radius 3 is 2.33 bits per heavy atom. The Kier molecular flexibility index (Phi) is 3.24. The number of nitriles is 1. The van der Waals surface area contributed by atoms with Crippen molar-refractivity contribution in [1.82, 2.24) is 4.57 Å². The van der Waals surface area contributed by atoms with Gasteiger partial charge in [0.15, 0.2) is 11.5 Å². The van der Waals surface area contributed by atoms with Gasteiger partial charge in [-0.2, -0.15) is 5.26 Å². The Balaban J connectivity index is 2.48. The van der Waals surface area contributed by atoms with Crippen LogP contribution >= 0.6 is 0 Å². The molecule has 0 saturated heterocycles. The Hall–Kier alpha value is -2.41. The molecule has 1 heterocycles. The molecule has 18 heavy (non-hydrogen) atoms. The number of hydrogen-bond acceptors (Lipinski definition) is 3. The van der Waals surface area contributed by atoms with Crippen molar-refractivity contribution in [3.8, 4) is 28.7 Å². The van der Waals surface area contributed by atoms with Gasteiger partial charge in [0.1, 0.15) is 11.8 Å². The van der Waals surface area contributed by atoms with Crippen LogP contribution in [0.15, 0.2) is 30.5 Å². The van der Waals surface area contributed by atoms with Crippen molar-refractivity contribution in [2.24, 2.45) is 7.05 Å². The van der Waals surface area contributed by atoms with Crippen LogP contribution in [0.5, 0.6) is 11.5 Å². The predicted octanol–water partition coefficient (Wildman–Crippen LogP) is 2.58. The Morgan fingerprint density at radius 2 is 1.78 bits per heavy atom. The highest BCUT2D eigenvalue weighted by Gasteiger charge is 2.09. The zero-order chi connectivity index (χ0) is 13.1. The summed E-state index contributed by atoms with van der Waals surface area (Å²) in [7, 11) is 5.06. The highest BCUT2D eigenvalue weighted by atomic mass is 16.5. The minimum absolute atomic E-state index is 0.625. The maximum absolute atomic E-state index is 8.95. The quantitative estimate of drug-likeness (QED) is 0.831. The third-order valence-corrected chi connectivity index (χ3v) is 2.84. The molecule has 2 aromatic rings. The molecule has 0 amide bonds. The molecule has 1 aromatic carbocycles. The number of hydrogen-bond donors (Lipinski definition) is 0. The van der Waals surface area contributed by atoms with Gasteiger partial charge in [-0.1, -0.05) is 6.07 Å². The summed E-state index contributed by atoms with van der Waals surface area (Å²) >= 11 is 0. The molecule has 4 heteroatoms.